The van der Waals surface area contributed by atoms with Crippen LogP contribution in [0.25, 0.3) is 11.2 Å². The van der Waals surface area contributed by atoms with E-state index >= 15 is 0 Å². The Labute approximate surface area is 190 Å². The van der Waals surface area contributed by atoms with Crippen LogP contribution in [-0.2, 0) is 11.8 Å². The van der Waals surface area contributed by atoms with Crippen LogP contribution in [0.1, 0.15) is 36.3 Å². The molecule has 1 aliphatic carbocycles. The third-order valence-electron chi connectivity index (χ3n) is 5.97. The molecular formula is C19H20B3ClN6O3. The lowest BCUT2D eigenvalue weighted by Crippen LogP contribution is -2.37. The maximum Gasteiger partial charge on any atom is 0.437 e. The number of hydrogen-bond donors (Lipinski definition) is 0. The molecule has 13 heteroatoms. The van der Waals surface area contributed by atoms with Gasteiger partial charge in [0.05, 0.1) is 12.4 Å². The maximum atomic E-state index is 13.1. The minimum Gasteiger partial charge on any atom is -0.390 e. The van der Waals surface area contributed by atoms with Crippen molar-refractivity contribution in [3.05, 3.63) is 74.3 Å². The molecule has 3 aromatic heterocycles. The monoisotopic (exact) mass is 448 g/mol. The summed E-state index contributed by atoms with van der Waals surface area (Å²) in [4.78, 5) is 34.0. The predicted octanol–water partition coefficient (Wildman–Crippen LogP) is -0.970. The zero-order valence-electron chi connectivity index (χ0n) is 18.0. The molecule has 160 valence electrons. The molecule has 0 unspecified atom stereocenters. The van der Waals surface area contributed by atoms with Crippen molar-refractivity contribution in [3.63, 3.8) is 0 Å². The van der Waals surface area contributed by atoms with Gasteiger partial charge in [-0.3, -0.25) is 9.36 Å². The van der Waals surface area contributed by atoms with Crippen LogP contribution in [0.3, 0.4) is 0 Å². The van der Waals surface area contributed by atoms with Crippen LogP contribution in [0.4, 0.5) is 0 Å². The highest BCUT2D eigenvalue weighted by atomic mass is 35.5. The van der Waals surface area contributed by atoms with Gasteiger partial charge >= 0.3 is 5.76 Å². The molecule has 4 aromatic rings. The molecule has 0 bridgehead atoms. The summed E-state index contributed by atoms with van der Waals surface area (Å²) < 4.78 is 9.92. The summed E-state index contributed by atoms with van der Waals surface area (Å²) in [5.74, 6) is 0.0209. The molecule has 0 aliphatic heterocycles. The second-order valence-corrected chi connectivity index (χ2v) is 9.65. The number of imidazole rings is 1. The Morgan fingerprint density at radius 1 is 1.09 bits per heavy atom. The first-order valence-electron chi connectivity index (χ1n) is 10.5. The molecule has 1 fully saturated rings. The first kappa shape index (κ1) is 20.9. The third kappa shape index (κ3) is 3.62. The van der Waals surface area contributed by atoms with Crippen LogP contribution in [0.2, 0.25) is 5.02 Å². The Morgan fingerprint density at radius 3 is 2.47 bits per heavy atom. The summed E-state index contributed by atoms with van der Waals surface area (Å²) in [6.45, 7) is 0.0205. The highest BCUT2D eigenvalue weighted by molar-refractivity contribution is 6.56. The number of hydrogen-bond acceptors (Lipinski definition) is 6. The number of halogens is 1. The molecule has 9 nitrogen and oxygen atoms in total. The smallest absolute Gasteiger partial charge is 0.390 e. The van der Waals surface area contributed by atoms with E-state index in [0.29, 0.717) is 22.1 Å². The fourth-order valence-electron chi connectivity index (χ4n) is 4.13. The van der Waals surface area contributed by atoms with E-state index in [4.69, 9.17) is 16.0 Å². The fraction of sp³-hybridized carbons (Fsp3) is 0.316. The van der Waals surface area contributed by atoms with Gasteiger partial charge in [-0.25, -0.2) is 14.8 Å². The van der Waals surface area contributed by atoms with Crippen molar-refractivity contribution in [2.24, 2.45) is 0 Å². The number of rotatable bonds is 5. The van der Waals surface area contributed by atoms with Gasteiger partial charge in [0.2, 0.25) is 5.89 Å². The van der Waals surface area contributed by atoms with Crippen LogP contribution < -0.4 is 11.3 Å². The van der Waals surface area contributed by atoms with Crippen LogP contribution in [0.5, 0.6) is 0 Å². The quantitative estimate of drug-likeness (QED) is 0.365. The van der Waals surface area contributed by atoms with Crippen LogP contribution in [0, 0.1) is 0 Å². The van der Waals surface area contributed by atoms with E-state index in [2.05, 4.69) is 15.1 Å². The first-order chi connectivity index (χ1) is 15.2. The van der Waals surface area contributed by atoms with E-state index < -0.39 is 5.76 Å². The summed E-state index contributed by atoms with van der Waals surface area (Å²) in [6, 6.07) is 7.74. The van der Waals surface area contributed by atoms with Crippen molar-refractivity contribution in [1.82, 2.24) is 28.9 Å². The van der Waals surface area contributed by atoms with Crippen molar-refractivity contribution < 1.29 is 4.42 Å². The van der Waals surface area contributed by atoms with Gasteiger partial charge in [-0.1, -0.05) is 23.7 Å². The average molecular weight is 448 g/mol. The van der Waals surface area contributed by atoms with Gasteiger partial charge in [0.1, 0.15) is 36.4 Å². The molecular weight excluding hydrogens is 428 g/mol. The lowest BCUT2D eigenvalue weighted by molar-refractivity contribution is 0.233. The zero-order chi connectivity index (χ0) is 22.6. The molecule has 1 saturated carbocycles. The van der Waals surface area contributed by atoms with Crippen molar-refractivity contribution in [3.8, 4) is 0 Å². The largest absolute Gasteiger partial charge is 0.437 e. The topological polar surface area (TPSA) is 101 Å². The Balaban J connectivity index is 1.37. The minimum absolute atomic E-state index is 0.0205. The third-order valence-corrected chi connectivity index (χ3v) is 6.22. The Bertz CT molecular complexity index is 1410. The van der Waals surface area contributed by atoms with Crippen molar-refractivity contribution in [1.29, 1.82) is 0 Å². The minimum atomic E-state index is -0.513. The number of fused-ring (bicyclic) bond motifs is 1. The van der Waals surface area contributed by atoms with Gasteiger partial charge in [-0.2, -0.15) is 4.68 Å². The predicted molar refractivity (Wildman–Crippen MR) is 128 cm³/mol. The molecule has 32 heavy (non-hydrogen) atoms. The standard InChI is InChI=1S/C19H20B3ClN6O3/c20-19(21,22)28-9-25-16-15(28)17(30)27(8-24-16)7-14-26-29(18(31)32-14)13-5-11(6-13)10-1-3-12(23)4-2-10/h1-4,8-9,11,13H,5-7,20-22H2/t11-,13-. The molecule has 0 saturated heterocycles. The van der Waals surface area contributed by atoms with Gasteiger partial charge in [-0.05, 0) is 41.7 Å². The van der Waals surface area contributed by atoms with Crippen molar-refractivity contribution in [2.45, 2.75) is 36.6 Å². The van der Waals surface area contributed by atoms with Gasteiger partial charge in [0.15, 0.2) is 11.2 Å². The summed E-state index contributed by atoms with van der Waals surface area (Å²) in [5, 5.41) is 4.73. The Kier molecular flexibility index (Phi) is 4.92. The summed E-state index contributed by atoms with van der Waals surface area (Å²) in [5.41, 5.74) is 1.73. The van der Waals surface area contributed by atoms with Gasteiger partial charge in [0.25, 0.3) is 5.56 Å². The second-order valence-electron chi connectivity index (χ2n) is 9.22. The zero-order valence-corrected chi connectivity index (χ0v) is 18.8. The highest BCUT2D eigenvalue weighted by Crippen LogP contribution is 2.43. The number of benzene rings is 1. The van der Waals surface area contributed by atoms with Crippen molar-refractivity contribution in [2.75, 3.05) is 0 Å². The van der Waals surface area contributed by atoms with E-state index in [1.54, 1.807) is 10.9 Å². The highest BCUT2D eigenvalue weighted by Gasteiger charge is 2.34. The van der Waals surface area contributed by atoms with Gasteiger partial charge < -0.3 is 8.98 Å². The normalized spacial score (nSPS) is 18.7. The van der Waals surface area contributed by atoms with E-state index in [-0.39, 0.29) is 29.3 Å². The van der Waals surface area contributed by atoms with E-state index in [1.807, 2.05) is 47.8 Å². The maximum absolute atomic E-state index is 13.1. The average Bonchev–Trinajstić information content (AvgIpc) is 3.29. The Morgan fingerprint density at radius 2 is 1.78 bits per heavy atom. The van der Waals surface area contributed by atoms with Crippen LogP contribution >= 0.6 is 11.6 Å². The van der Waals surface area contributed by atoms with E-state index in [9.17, 15) is 9.59 Å². The summed E-state index contributed by atoms with van der Waals surface area (Å²) in [6.07, 6.45) is 4.62. The van der Waals surface area contributed by atoms with Crippen molar-refractivity contribution >= 4 is 46.3 Å². The summed E-state index contributed by atoms with van der Waals surface area (Å²) in [7, 11) is 5.96. The summed E-state index contributed by atoms with van der Waals surface area (Å²) >= 11 is 5.96. The van der Waals surface area contributed by atoms with E-state index in [1.165, 1.54) is 21.1 Å². The van der Waals surface area contributed by atoms with E-state index in [0.717, 1.165) is 12.8 Å². The number of nitrogens with zero attached hydrogens (tertiary/aromatic N) is 6. The molecule has 1 aliphatic rings. The lowest BCUT2D eigenvalue weighted by atomic mass is 9.49. The molecule has 0 N–H and O–H groups in total. The Hall–Kier alpha value is -3.01. The van der Waals surface area contributed by atoms with Gasteiger partial charge in [0, 0.05) is 5.02 Å². The second kappa shape index (κ2) is 7.55. The lowest BCUT2D eigenvalue weighted by Gasteiger charge is -2.34. The SMILES string of the molecule is BC(B)(B)n1cnc2ncn(Cc3nn([C@H]4C[C@H](c5ccc(Cl)cc5)C4)c(=O)o3)c(=O)c21. The molecule has 0 amide bonds. The number of aromatic nitrogens is 6. The van der Waals surface area contributed by atoms with Gasteiger partial charge in [-0.15, -0.1) is 5.10 Å². The fourth-order valence-corrected chi connectivity index (χ4v) is 4.26. The molecule has 0 radical (unpaired) electrons. The van der Waals surface area contributed by atoms with Crippen LogP contribution in [-0.4, -0.2) is 52.4 Å². The van der Waals surface area contributed by atoms with Crippen LogP contribution in [0.15, 0.2) is 50.9 Å². The molecule has 0 spiro atoms. The molecule has 1 aromatic carbocycles. The molecule has 5 rings (SSSR count). The molecule has 0 atom stereocenters. The first-order valence-corrected chi connectivity index (χ1v) is 10.9. The molecule has 3 heterocycles.